The van der Waals surface area contributed by atoms with Crippen molar-refractivity contribution in [1.29, 1.82) is 0 Å². The summed E-state index contributed by atoms with van der Waals surface area (Å²) in [4.78, 5) is 22.6. The number of ether oxygens (including phenoxy) is 1. The molecule has 0 fully saturated rings. The van der Waals surface area contributed by atoms with Gasteiger partial charge in [-0.2, -0.15) is 0 Å². The smallest absolute Gasteiger partial charge is 0.331 e. The van der Waals surface area contributed by atoms with Crippen LogP contribution in [0.3, 0.4) is 0 Å². The molecule has 0 aliphatic heterocycles. The van der Waals surface area contributed by atoms with Crippen molar-refractivity contribution in [3.05, 3.63) is 54.6 Å². The second kappa shape index (κ2) is 7.84. The Labute approximate surface area is 106 Å². The second-order valence-corrected chi connectivity index (χ2v) is 3.41. The van der Waals surface area contributed by atoms with Crippen LogP contribution < -0.4 is 5.32 Å². The van der Waals surface area contributed by atoms with Gasteiger partial charge in [-0.1, -0.05) is 36.4 Å². The first-order valence-electron chi connectivity index (χ1n) is 5.53. The number of hydrogen-bond donors (Lipinski definition) is 1. The summed E-state index contributed by atoms with van der Waals surface area (Å²) in [5, 5.41) is 2.61. The van der Waals surface area contributed by atoms with Gasteiger partial charge in [0, 0.05) is 11.8 Å². The van der Waals surface area contributed by atoms with Crippen LogP contribution in [0.2, 0.25) is 0 Å². The van der Waals surface area contributed by atoms with E-state index in [-0.39, 0.29) is 12.5 Å². The predicted molar refractivity (Wildman–Crippen MR) is 70.0 cm³/mol. The minimum absolute atomic E-state index is 0.298. The Morgan fingerprint density at radius 1 is 1.22 bits per heavy atom. The maximum Gasteiger partial charge on any atom is 0.331 e. The van der Waals surface area contributed by atoms with Gasteiger partial charge in [0.2, 0.25) is 0 Å². The van der Waals surface area contributed by atoms with Gasteiger partial charge in [0.15, 0.2) is 6.61 Å². The first kappa shape index (κ1) is 13.7. The summed E-state index contributed by atoms with van der Waals surface area (Å²) >= 11 is 0. The Balaban J connectivity index is 2.31. The van der Waals surface area contributed by atoms with Crippen LogP contribution in [-0.2, 0) is 14.3 Å². The molecule has 0 atom stereocenters. The molecule has 0 aliphatic rings. The molecule has 0 spiro atoms. The number of nitrogens with one attached hydrogen (secondary N) is 1. The summed E-state index contributed by atoms with van der Waals surface area (Å²) in [5.41, 5.74) is 0.669. The van der Waals surface area contributed by atoms with Gasteiger partial charge >= 0.3 is 5.97 Å². The van der Waals surface area contributed by atoms with Gasteiger partial charge in [-0.15, -0.1) is 0 Å². The van der Waals surface area contributed by atoms with Crippen molar-refractivity contribution in [2.75, 3.05) is 11.9 Å². The molecule has 1 N–H and O–H groups in total. The van der Waals surface area contributed by atoms with E-state index in [1.807, 2.05) is 13.0 Å². The minimum atomic E-state index is -0.545. The molecule has 0 bridgehead atoms. The Hall–Kier alpha value is -2.36. The Kier molecular flexibility index (Phi) is 5.97. The highest BCUT2D eigenvalue weighted by atomic mass is 16.5. The number of hydrogen-bond acceptors (Lipinski definition) is 3. The number of amides is 1. The van der Waals surface area contributed by atoms with E-state index in [4.69, 9.17) is 4.74 Å². The number of carbonyl (C=O) groups excluding carboxylic acids is 2. The molecule has 0 aliphatic carbocycles. The van der Waals surface area contributed by atoms with Gasteiger partial charge in [-0.05, 0) is 19.1 Å². The molecule has 94 valence electrons. The second-order valence-electron chi connectivity index (χ2n) is 3.41. The molecule has 4 nitrogen and oxygen atoms in total. The lowest BCUT2D eigenvalue weighted by molar-refractivity contribution is -0.142. The third-order valence-corrected chi connectivity index (χ3v) is 1.94. The molecule has 1 rings (SSSR count). The summed E-state index contributed by atoms with van der Waals surface area (Å²) in [7, 11) is 0. The molecule has 0 aromatic heterocycles. The number of rotatable bonds is 5. The van der Waals surface area contributed by atoms with Gasteiger partial charge < -0.3 is 10.1 Å². The largest absolute Gasteiger partial charge is 0.452 e. The summed E-state index contributed by atoms with van der Waals surface area (Å²) in [6.07, 6.45) is 6.30. The Bertz CT molecular complexity index is 449. The molecule has 1 aromatic rings. The number of para-hydroxylation sites is 1. The quantitative estimate of drug-likeness (QED) is 0.492. The molecular formula is C14H15NO3. The third kappa shape index (κ3) is 5.65. The average Bonchev–Trinajstić information content (AvgIpc) is 2.38. The summed E-state index contributed by atoms with van der Waals surface area (Å²) in [6.45, 7) is 1.54. The fourth-order valence-electron chi connectivity index (χ4n) is 1.15. The van der Waals surface area contributed by atoms with Crippen molar-refractivity contribution < 1.29 is 14.3 Å². The molecule has 0 saturated carbocycles. The third-order valence-electron chi connectivity index (χ3n) is 1.94. The van der Waals surface area contributed by atoms with Crippen LogP contribution in [0.1, 0.15) is 6.92 Å². The zero-order chi connectivity index (χ0) is 13.2. The zero-order valence-corrected chi connectivity index (χ0v) is 10.1. The Morgan fingerprint density at radius 3 is 2.61 bits per heavy atom. The van der Waals surface area contributed by atoms with Gasteiger partial charge in [0.1, 0.15) is 0 Å². The SMILES string of the molecule is C/C=C/C=C/C(=O)OCC(=O)Nc1ccccc1. The van der Waals surface area contributed by atoms with Crippen LogP contribution in [0.15, 0.2) is 54.6 Å². The lowest BCUT2D eigenvalue weighted by Gasteiger charge is -2.04. The standard InChI is InChI=1S/C14H15NO3/c1-2-3-5-10-14(17)18-11-13(16)15-12-8-6-4-7-9-12/h2-10H,11H2,1H3,(H,15,16)/b3-2+,10-5+. The first-order valence-corrected chi connectivity index (χ1v) is 5.53. The van der Waals surface area contributed by atoms with Crippen molar-refractivity contribution in [3.8, 4) is 0 Å². The van der Waals surface area contributed by atoms with E-state index in [0.29, 0.717) is 5.69 Å². The van der Waals surface area contributed by atoms with E-state index >= 15 is 0 Å². The fourth-order valence-corrected chi connectivity index (χ4v) is 1.15. The molecule has 1 aromatic carbocycles. The molecular weight excluding hydrogens is 230 g/mol. The van der Waals surface area contributed by atoms with E-state index in [9.17, 15) is 9.59 Å². The summed E-state index contributed by atoms with van der Waals surface area (Å²) in [5.74, 6) is -0.912. The van der Waals surface area contributed by atoms with Gasteiger partial charge in [-0.3, -0.25) is 4.79 Å². The minimum Gasteiger partial charge on any atom is -0.452 e. The van der Waals surface area contributed by atoms with Crippen molar-refractivity contribution in [3.63, 3.8) is 0 Å². The lowest BCUT2D eigenvalue weighted by Crippen LogP contribution is -2.20. The van der Waals surface area contributed by atoms with Crippen LogP contribution >= 0.6 is 0 Å². The molecule has 1 amide bonds. The highest BCUT2D eigenvalue weighted by molar-refractivity contribution is 5.93. The van der Waals surface area contributed by atoms with E-state index in [2.05, 4.69) is 5.32 Å². The van der Waals surface area contributed by atoms with Crippen LogP contribution in [0.5, 0.6) is 0 Å². The normalized spacial score (nSPS) is 10.7. The Morgan fingerprint density at radius 2 is 1.94 bits per heavy atom. The number of anilines is 1. The fraction of sp³-hybridized carbons (Fsp3) is 0.143. The van der Waals surface area contributed by atoms with E-state index in [1.54, 1.807) is 42.5 Å². The number of carbonyl (C=O) groups is 2. The van der Waals surface area contributed by atoms with Crippen molar-refractivity contribution in [2.45, 2.75) is 6.92 Å². The van der Waals surface area contributed by atoms with Crippen LogP contribution in [0, 0.1) is 0 Å². The van der Waals surface area contributed by atoms with Crippen molar-refractivity contribution in [2.24, 2.45) is 0 Å². The highest BCUT2D eigenvalue weighted by Gasteiger charge is 2.04. The maximum atomic E-state index is 11.4. The van der Waals surface area contributed by atoms with Crippen molar-refractivity contribution >= 4 is 17.6 Å². The molecule has 0 radical (unpaired) electrons. The van der Waals surface area contributed by atoms with Crippen LogP contribution in [0.4, 0.5) is 5.69 Å². The van der Waals surface area contributed by atoms with Gasteiger partial charge in [0.05, 0.1) is 0 Å². The van der Waals surface area contributed by atoms with E-state index in [1.165, 1.54) is 6.08 Å². The number of esters is 1. The van der Waals surface area contributed by atoms with Crippen LogP contribution in [0.25, 0.3) is 0 Å². The summed E-state index contributed by atoms with van der Waals surface area (Å²) < 4.78 is 4.75. The predicted octanol–water partition coefficient (Wildman–Crippen LogP) is 2.30. The first-order chi connectivity index (χ1) is 8.72. The summed E-state index contributed by atoms with van der Waals surface area (Å²) in [6, 6.07) is 8.97. The van der Waals surface area contributed by atoms with E-state index < -0.39 is 5.97 Å². The van der Waals surface area contributed by atoms with Gasteiger partial charge in [0.25, 0.3) is 5.91 Å². The monoisotopic (exact) mass is 245 g/mol. The molecule has 18 heavy (non-hydrogen) atoms. The maximum absolute atomic E-state index is 11.4. The lowest BCUT2D eigenvalue weighted by atomic mass is 10.3. The molecule has 0 saturated heterocycles. The van der Waals surface area contributed by atoms with Gasteiger partial charge in [-0.25, -0.2) is 4.79 Å². The molecule has 0 unspecified atom stereocenters. The highest BCUT2D eigenvalue weighted by Crippen LogP contribution is 2.04. The molecule has 0 heterocycles. The number of allylic oxidation sites excluding steroid dienone is 3. The van der Waals surface area contributed by atoms with Crippen LogP contribution in [-0.4, -0.2) is 18.5 Å². The molecule has 4 heteroatoms. The topological polar surface area (TPSA) is 55.4 Å². The van der Waals surface area contributed by atoms with Crippen molar-refractivity contribution in [1.82, 2.24) is 0 Å². The van der Waals surface area contributed by atoms with E-state index in [0.717, 1.165) is 0 Å². The average molecular weight is 245 g/mol. The zero-order valence-electron chi connectivity index (χ0n) is 10.1. The number of benzene rings is 1.